The molecule has 0 aliphatic rings. The highest BCUT2D eigenvalue weighted by Crippen LogP contribution is 2.18. The highest BCUT2D eigenvalue weighted by atomic mass is 19.1. The van der Waals surface area contributed by atoms with Gasteiger partial charge in [0.15, 0.2) is 5.75 Å². The molecular formula is C10H8FNO2. The van der Waals surface area contributed by atoms with Crippen LogP contribution in [-0.4, -0.2) is 10.1 Å². The van der Waals surface area contributed by atoms with Gasteiger partial charge in [-0.3, -0.25) is 4.79 Å². The van der Waals surface area contributed by atoms with E-state index in [9.17, 15) is 9.18 Å². The molecule has 0 bridgehead atoms. The van der Waals surface area contributed by atoms with Crippen LogP contribution < -0.4 is 5.56 Å². The molecule has 14 heavy (non-hydrogen) atoms. The second-order valence-electron chi connectivity index (χ2n) is 3.17. The van der Waals surface area contributed by atoms with Gasteiger partial charge in [0, 0.05) is 5.39 Å². The molecule has 0 saturated carbocycles. The van der Waals surface area contributed by atoms with Crippen molar-refractivity contribution in [1.82, 2.24) is 4.98 Å². The van der Waals surface area contributed by atoms with Crippen molar-refractivity contribution in [2.24, 2.45) is 0 Å². The lowest BCUT2D eigenvalue weighted by atomic mass is 10.1. The zero-order valence-electron chi connectivity index (χ0n) is 7.47. The van der Waals surface area contributed by atoms with Crippen LogP contribution in [0.1, 0.15) is 5.56 Å². The zero-order chi connectivity index (χ0) is 10.3. The number of H-pyrrole nitrogens is 1. The number of aromatic nitrogens is 1. The molecule has 1 aromatic carbocycles. The third-order valence-electron chi connectivity index (χ3n) is 2.09. The summed E-state index contributed by atoms with van der Waals surface area (Å²) in [5, 5.41) is 9.62. The molecule has 3 nitrogen and oxygen atoms in total. The molecule has 2 aromatic rings. The molecule has 1 heterocycles. The topological polar surface area (TPSA) is 53.1 Å². The number of halogens is 1. The number of nitrogens with one attached hydrogen (secondary N) is 1. The Bertz CT molecular complexity index is 560. The van der Waals surface area contributed by atoms with E-state index in [1.54, 1.807) is 6.92 Å². The van der Waals surface area contributed by atoms with E-state index in [1.165, 1.54) is 18.2 Å². The summed E-state index contributed by atoms with van der Waals surface area (Å²) >= 11 is 0. The maximum Gasteiger partial charge on any atom is 0.290 e. The summed E-state index contributed by atoms with van der Waals surface area (Å²) < 4.78 is 13.0. The van der Waals surface area contributed by atoms with E-state index >= 15 is 0 Å². The molecule has 72 valence electrons. The molecule has 0 fully saturated rings. The van der Waals surface area contributed by atoms with Crippen LogP contribution in [-0.2, 0) is 0 Å². The highest BCUT2D eigenvalue weighted by Gasteiger charge is 2.04. The Morgan fingerprint density at radius 2 is 2.07 bits per heavy atom. The van der Waals surface area contributed by atoms with Crippen LogP contribution in [0.15, 0.2) is 23.0 Å². The van der Waals surface area contributed by atoms with Crippen molar-refractivity contribution in [3.63, 3.8) is 0 Å². The van der Waals surface area contributed by atoms with Gasteiger partial charge < -0.3 is 10.1 Å². The summed E-state index contributed by atoms with van der Waals surface area (Å²) in [7, 11) is 0. The van der Waals surface area contributed by atoms with Crippen LogP contribution in [0.25, 0.3) is 10.9 Å². The number of aromatic amines is 1. The molecule has 0 saturated heterocycles. The molecule has 0 spiro atoms. The molecular weight excluding hydrogens is 185 g/mol. The van der Waals surface area contributed by atoms with E-state index in [1.807, 2.05) is 0 Å². The number of aryl methyl sites for hydroxylation is 1. The summed E-state index contributed by atoms with van der Waals surface area (Å²) in [6, 6.07) is 3.84. The van der Waals surface area contributed by atoms with Crippen molar-refractivity contribution in [3.05, 3.63) is 39.9 Å². The largest absolute Gasteiger partial charge is 0.503 e. The second-order valence-corrected chi connectivity index (χ2v) is 3.17. The van der Waals surface area contributed by atoms with E-state index in [-0.39, 0.29) is 5.82 Å². The minimum absolute atomic E-state index is 0.388. The number of hydrogen-bond donors (Lipinski definition) is 2. The zero-order valence-corrected chi connectivity index (χ0v) is 7.47. The van der Waals surface area contributed by atoms with Crippen molar-refractivity contribution < 1.29 is 9.50 Å². The number of pyridine rings is 1. The average molecular weight is 193 g/mol. The Kier molecular flexibility index (Phi) is 1.77. The first-order valence-corrected chi connectivity index (χ1v) is 4.10. The molecule has 0 unspecified atom stereocenters. The van der Waals surface area contributed by atoms with Gasteiger partial charge in [-0.15, -0.1) is 0 Å². The smallest absolute Gasteiger partial charge is 0.290 e. The number of rotatable bonds is 0. The fourth-order valence-corrected chi connectivity index (χ4v) is 1.44. The van der Waals surface area contributed by atoms with Gasteiger partial charge in [0.05, 0.1) is 5.52 Å². The fourth-order valence-electron chi connectivity index (χ4n) is 1.44. The van der Waals surface area contributed by atoms with Crippen LogP contribution in [0, 0.1) is 12.7 Å². The van der Waals surface area contributed by atoms with Gasteiger partial charge in [0.1, 0.15) is 5.82 Å². The van der Waals surface area contributed by atoms with Gasteiger partial charge in [-0.05, 0) is 30.7 Å². The Morgan fingerprint density at radius 1 is 1.36 bits per heavy atom. The van der Waals surface area contributed by atoms with Crippen molar-refractivity contribution in [3.8, 4) is 5.75 Å². The fraction of sp³-hybridized carbons (Fsp3) is 0.100. The third-order valence-corrected chi connectivity index (χ3v) is 2.09. The van der Waals surface area contributed by atoms with Gasteiger partial charge in [0.2, 0.25) is 0 Å². The average Bonchev–Trinajstić information content (AvgIpc) is 2.08. The summed E-state index contributed by atoms with van der Waals surface area (Å²) in [6.45, 7) is 1.69. The molecule has 2 N–H and O–H groups in total. The molecule has 0 amide bonds. The van der Waals surface area contributed by atoms with Crippen LogP contribution in [0.3, 0.4) is 0 Å². The van der Waals surface area contributed by atoms with Crippen LogP contribution in [0.2, 0.25) is 0 Å². The SMILES string of the molecule is Cc1cc(F)cc2cc(O)c(=O)[nH]c12. The maximum absolute atomic E-state index is 13.0. The van der Waals surface area contributed by atoms with Gasteiger partial charge in [-0.25, -0.2) is 4.39 Å². The lowest BCUT2D eigenvalue weighted by Gasteiger charge is -2.02. The normalized spacial score (nSPS) is 10.7. The van der Waals surface area contributed by atoms with E-state index in [0.717, 1.165) is 0 Å². The number of benzene rings is 1. The van der Waals surface area contributed by atoms with Crippen molar-refractivity contribution in [1.29, 1.82) is 0 Å². The molecule has 0 radical (unpaired) electrons. The first-order chi connectivity index (χ1) is 6.58. The number of hydrogen-bond acceptors (Lipinski definition) is 2. The Morgan fingerprint density at radius 3 is 2.79 bits per heavy atom. The Labute approximate surface area is 78.8 Å². The monoisotopic (exact) mass is 193 g/mol. The first kappa shape index (κ1) is 8.74. The molecule has 1 aromatic heterocycles. The predicted octanol–water partition coefficient (Wildman–Crippen LogP) is 1.68. The van der Waals surface area contributed by atoms with Crippen molar-refractivity contribution >= 4 is 10.9 Å². The quantitative estimate of drug-likeness (QED) is 0.668. The van der Waals surface area contributed by atoms with E-state index in [4.69, 9.17) is 5.11 Å². The lowest BCUT2D eigenvalue weighted by molar-refractivity contribution is 0.468. The minimum atomic E-state index is -0.563. The maximum atomic E-state index is 13.0. The van der Waals surface area contributed by atoms with Crippen molar-refractivity contribution in [2.45, 2.75) is 6.92 Å². The first-order valence-electron chi connectivity index (χ1n) is 4.10. The van der Waals surface area contributed by atoms with E-state index in [0.29, 0.717) is 16.5 Å². The molecule has 0 aliphatic heterocycles. The number of fused-ring (bicyclic) bond motifs is 1. The van der Waals surface area contributed by atoms with Gasteiger partial charge >= 0.3 is 0 Å². The predicted molar refractivity (Wildman–Crippen MR) is 50.9 cm³/mol. The Balaban J connectivity index is 2.96. The summed E-state index contributed by atoms with van der Waals surface area (Å²) in [4.78, 5) is 13.6. The summed E-state index contributed by atoms with van der Waals surface area (Å²) in [5.41, 5.74) is 0.624. The molecule has 0 atom stereocenters. The third kappa shape index (κ3) is 1.25. The Hall–Kier alpha value is -1.84. The van der Waals surface area contributed by atoms with E-state index in [2.05, 4.69) is 4.98 Å². The van der Waals surface area contributed by atoms with Crippen LogP contribution >= 0.6 is 0 Å². The second kappa shape index (κ2) is 2.83. The van der Waals surface area contributed by atoms with Crippen molar-refractivity contribution in [2.75, 3.05) is 0 Å². The van der Waals surface area contributed by atoms with Crippen LogP contribution in [0.5, 0.6) is 5.75 Å². The van der Waals surface area contributed by atoms with Gasteiger partial charge in [0.25, 0.3) is 5.56 Å². The van der Waals surface area contributed by atoms with Crippen LogP contribution in [0.4, 0.5) is 4.39 Å². The summed E-state index contributed by atoms with van der Waals surface area (Å²) in [5.74, 6) is -0.788. The minimum Gasteiger partial charge on any atom is -0.503 e. The highest BCUT2D eigenvalue weighted by molar-refractivity contribution is 5.82. The standard InChI is InChI=1S/C10H8FNO2/c1-5-2-7(11)3-6-4-8(13)10(14)12-9(5)6/h2-4,13H,1H3,(H,12,14). The molecule has 2 rings (SSSR count). The van der Waals surface area contributed by atoms with Gasteiger partial charge in [-0.2, -0.15) is 0 Å². The lowest BCUT2D eigenvalue weighted by Crippen LogP contribution is -2.05. The molecule has 0 aliphatic carbocycles. The summed E-state index contributed by atoms with van der Waals surface area (Å²) in [6.07, 6.45) is 0. The number of aromatic hydroxyl groups is 1. The van der Waals surface area contributed by atoms with Gasteiger partial charge in [-0.1, -0.05) is 0 Å². The van der Waals surface area contributed by atoms with E-state index < -0.39 is 11.3 Å². The molecule has 4 heteroatoms.